The third kappa shape index (κ3) is 3.55. The fourth-order valence-electron chi connectivity index (χ4n) is 1.02. The number of hydrogen-bond donors (Lipinski definition) is 1. The fourth-order valence-corrected chi connectivity index (χ4v) is 1.68. The highest BCUT2D eigenvalue weighted by molar-refractivity contribution is 7.84. The highest BCUT2D eigenvalue weighted by Crippen LogP contribution is 1.91. The van der Waals surface area contributed by atoms with Crippen molar-refractivity contribution < 1.29 is 4.21 Å². The van der Waals surface area contributed by atoms with E-state index in [-0.39, 0.29) is 0 Å². The molecule has 6 heteroatoms. The van der Waals surface area contributed by atoms with Crippen molar-refractivity contribution in [1.29, 1.82) is 0 Å². The summed E-state index contributed by atoms with van der Waals surface area (Å²) < 4.78 is 12.8. The lowest BCUT2D eigenvalue weighted by molar-refractivity contribution is 0.628. The van der Waals surface area contributed by atoms with Crippen LogP contribution in [0, 0.1) is 0 Å². The molecule has 0 radical (unpaired) electrons. The number of nitrogens with one attached hydrogen (secondary N) is 1. The van der Waals surface area contributed by atoms with Gasteiger partial charge >= 0.3 is 0 Å². The van der Waals surface area contributed by atoms with Crippen molar-refractivity contribution in [3.05, 3.63) is 11.9 Å². The molecule has 0 aliphatic rings. The topological polar surface area (TPSA) is 59.8 Å². The lowest BCUT2D eigenvalue weighted by Gasteiger charge is -2.03. The third-order valence-electron chi connectivity index (χ3n) is 1.94. The van der Waals surface area contributed by atoms with Gasteiger partial charge < -0.3 is 5.32 Å². The Kier molecular flexibility index (Phi) is 4.75. The summed E-state index contributed by atoms with van der Waals surface area (Å²) in [5.41, 5.74) is 1.03. The van der Waals surface area contributed by atoms with Crippen LogP contribution >= 0.6 is 0 Å². The highest BCUT2D eigenvalue weighted by atomic mass is 32.2. The standard InChI is InChI=1S/C8H16N4OS/c1-3-14(13)5-4-9-6-8-7-10-11-12(8)2/h7,9H,3-6H2,1-2H3. The maximum atomic E-state index is 11.1. The molecule has 1 rings (SSSR count). The van der Waals surface area contributed by atoms with E-state index in [1.54, 1.807) is 10.9 Å². The second-order valence-corrected chi connectivity index (χ2v) is 4.82. The Morgan fingerprint density at radius 1 is 1.64 bits per heavy atom. The van der Waals surface area contributed by atoms with Crippen LogP contribution in [0.1, 0.15) is 12.6 Å². The minimum atomic E-state index is -0.681. The van der Waals surface area contributed by atoms with Gasteiger partial charge in [-0.15, -0.1) is 5.10 Å². The van der Waals surface area contributed by atoms with Crippen LogP contribution in [0.25, 0.3) is 0 Å². The van der Waals surface area contributed by atoms with Gasteiger partial charge in [0.1, 0.15) is 0 Å². The quantitative estimate of drug-likeness (QED) is 0.662. The molecule has 1 aromatic rings. The van der Waals surface area contributed by atoms with Crippen LogP contribution in [0.4, 0.5) is 0 Å². The van der Waals surface area contributed by atoms with Crippen LogP contribution < -0.4 is 5.32 Å². The molecule has 14 heavy (non-hydrogen) atoms. The van der Waals surface area contributed by atoms with E-state index < -0.39 is 10.8 Å². The number of hydrogen-bond acceptors (Lipinski definition) is 4. The van der Waals surface area contributed by atoms with Crippen LogP contribution in [-0.4, -0.2) is 37.3 Å². The minimum absolute atomic E-state index is 0.681. The van der Waals surface area contributed by atoms with Gasteiger partial charge in [-0.3, -0.25) is 8.89 Å². The minimum Gasteiger partial charge on any atom is -0.310 e. The molecular formula is C8H16N4OS. The monoisotopic (exact) mass is 216 g/mol. The average molecular weight is 216 g/mol. The zero-order valence-corrected chi connectivity index (χ0v) is 9.38. The second-order valence-electron chi connectivity index (χ2n) is 2.96. The summed E-state index contributed by atoms with van der Waals surface area (Å²) in [6, 6.07) is 0. The predicted octanol–water partition coefficient (Wildman–Crippen LogP) is -0.327. The molecule has 0 aliphatic heterocycles. The molecule has 5 nitrogen and oxygen atoms in total. The smallest absolute Gasteiger partial charge is 0.0738 e. The first kappa shape index (κ1) is 11.3. The van der Waals surface area contributed by atoms with E-state index >= 15 is 0 Å². The molecule has 1 unspecified atom stereocenters. The van der Waals surface area contributed by atoms with E-state index in [1.807, 2.05) is 14.0 Å². The van der Waals surface area contributed by atoms with E-state index in [4.69, 9.17) is 0 Å². The largest absolute Gasteiger partial charge is 0.310 e. The summed E-state index contributed by atoms with van der Waals surface area (Å²) in [5.74, 6) is 1.44. The summed E-state index contributed by atoms with van der Waals surface area (Å²) in [5, 5.41) is 10.8. The van der Waals surface area contributed by atoms with Crippen molar-refractivity contribution in [1.82, 2.24) is 20.3 Å². The van der Waals surface area contributed by atoms with Crippen LogP contribution in [0.3, 0.4) is 0 Å². The molecule has 1 aromatic heterocycles. The van der Waals surface area contributed by atoms with Crippen LogP contribution in [0.2, 0.25) is 0 Å². The van der Waals surface area contributed by atoms with Crippen molar-refractivity contribution >= 4 is 10.8 Å². The van der Waals surface area contributed by atoms with Crippen LogP contribution in [0.15, 0.2) is 6.20 Å². The first-order valence-corrected chi connectivity index (χ1v) is 6.12. The van der Waals surface area contributed by atoms with E-state index in [0.717, 1.165) is 24.5 Å². The first-order valence-electron chi connectivity index (χ1n) is 4.63. The van der Waals surface area contributed by atoms with Crippen LogP contribution in [0.5, 0.6) is 0 Å². The molecule has 0 aromatic carbocycles. The lowest BCUT2D eigenvalue weighted by Crippen LogP contribution is -2.21. The molecule has 1 N–H and O–H groups in total. The van der Waals surface area contributed by atoms with E-state index in [1.165, 1.54) is 0 Å². The number of aromatic nitrogens is 3. The Morgan fingerprint density at radius 2 is 2.43 bits per heavy atom. The summed E-state index contributed by atoms with van der Waals surface area (Å²) in [7, 11) is 1.17. The Hall–Kier alpha value is -0.750. The maximum Gasteiger partial charge on any atom is 0.0738 e. The molecule has 1 heterocycles. The lowest BCUT2D eigenvalue weighted by atomic mass is 10.4. The molecule has 80 valence electrons. The van der Waals surface area contributed by atoms with Crippen LogP contribution in [-0.2, 0) is 24.4 Å². The van der Waals surface area contributed by atoms with Gasteiger partial charge in [0.25, 0.3) is 0 Å². The molecule has 0 saturated heterocycles. The first-order chi connectivity index (χ1) is 6.74. The van der Waals surface area contributed by atoms with Gasteiger partial charge in [0.15, 0.2) is 0 Å². The Balaban J connectivity index is 2.16. The van der Waals surface area contributed by atoms with Gasteiger partial charge in [0.2, 0.25) is 0 Å². The van der Waals surface area contributed by atoms with Crippen molar-refractivity contribution in [2.24, 2.45) is 7.05 Å². The summed E-state index contributed by atoms with van der Waals surface area (Å²) in [6.07, 6.45) is 1.73. The van der Waals surface area contributed by atoms with Gasteiger partial charge in [-0.25, -0.2) is 0 Å². The number of nitrogens with zero attached hydrogens (tertiary/aromatic N) is 3. The van der Waals surface area contributed by atoms with Gasteiger partial charge in [0.05, 0.1) is 11.9 Å². The number of aryl methyl sites for hydroxylation is 1. The van der Waals surface area contributed by atoms with E-state index in [9.17, 15) is 4.21 Å². The molecule has 0 amide bonds. The molecule has 0 bridgehead atoms. The third-order valence-corrected chi connectivity index (χ3v) is 3.25. The SMILES string of the molecule is CCS(=O)CCNCc1cnnn1C. The van der Waals surface area contributed by atoms with Gasteiger partial charge in [-0.1, -0.05) is 12.1 Å². The van der Waals surface area contributed by atoms with Gasteiger partial charge in [-0.05, 0) is 0 Å². The highest BCUT2D eigenvalue weighted by Gasteiger charge is 1.99. The number of rotatable bonds is 6. The Morgan fingerprint density at radius 3 is 3.00 bits per heavy atom. The molecular weight excluding hydrogens is 200 g/mol. The normalized spacial score (nSPS) is 13.0. The van der Waals surface area contributed by atoms with Crippen molar-refractivity contribution in [3.8, 4) is 0 Å². The second kappa shape index (κ2) is 5.87. The van der Waals surface area contributed by atoms with E-state index in [2.05, 4.69) is 15.6 Å². The van der Waals surface area contributed by atoms with E-state index in [0.29, 0.717) is 5.75 Å². The Bertz CT molecular complexity index is 299. The van der Waals surface area contributed by atoms with Gasteiger partial charge in [0, 0.05) is 42.4 Å². The summed E-state index contributed by atoms with van der Waals surface area (Å²) >= 11 is 0. The Labute approximate surface area is 86.3 Å². The molecule has 0 spiro atoms. The summed E-state index contributed by atoms with van der Waals surface area (Å²) in [4.78, 5) is 0. The van der Waals surface area contributed by atoms with Crippen molar-refractivity contribution in [2.45, 2.75) is 13.5 Å². The maximum absolute atomic E-state index is 11.1. The fraction of sp³-hybridized carbons (Fsp3) is 0.750. The zero-order valence-electron chi connectivity index (χ0n) is 8.56. The van der Waals surface area contributed by atoms with Gasteiger partial charge in [-0.2, -0.15) is 0 Å². The molecule has 1 atom stereocenters. The van der Waals surface area contributed by atoms with Crippen molar-refractivity contribution in [3.63, 3.8) is 0 Å². The predicted molar refractivity (Wildman–Crippen MR) is 56.3 cm³/mol. The molecule has 0 fully saturated rings. The molecule has 0 aliphatic carbocycles. The summed E-state index contributed by atoms with van der Waals surface area (Å²) in [6.45, 7) is 3.43. The average Bonchev–Trinajstić information content (AvgIpc) is 2.58. The zero-order chi connectivity index (χ0) is 10.4. The van der Waals surface area contributed by atoms with Crippen molar-refractivity contribution in [2.75, 3.05) is 18.1 Å². The molecule has 0 saturated carbocycles.